The second-order valence-electron chi connectivity index (χ2n) is 6.35. The molecule has 0 bridgehead atoms. The van der Waals surface area contributed by atoms with Gasteiger partial charge in [0.15, 0.2) is 12.4 Å². The van der Waals surface area contributed by atoms with E-state index in [1.807, 2.05) is 0 Å². The lowest BCUT2D eigenvalue weighted by Crippen LogP contribution is -2.37. The van der Waals surface area contributed by atoms with Gasteiger partial charge in [-0.3, -0.25) is 24.1 Å². The minimum Gasteiger partial charge on any atom is -0.456 e. The fraction of sp³-hybridized carbons (Fsp3) is 0.444. The van der Waals surface area contributed by atoms with E-state index in [-0.39, 0.29) is 29.4 Å². The van der Waals surface area contributed by atoms with Gasteiger partial charge in [-0.2, -0.15) is 0 Å². The van der Waals surface area contributed by atoms with Crippen molar-refractivity contribution in [3.63, 3.8) is 0 Å². The van der Waals surface area contributed by atoms with Crippen molar-refractivity contribution in [3.8, 4) is 0 Å². The number of esters is 1. The molecule has 2 aliphatic rings. The number of rotatable bonds is 5. The number of Topliss-reactive ketones (excluding diaryl/α,β-unsaturated/α-hetero) is 1. The smallest absolute Gasteiger partial charge is 0.326 e. The van der Waals surface area contributed by atoms with Gasteiger partial charge in [-0.15, -0.1) is 0 Å². The highest BCUT2D eigenvalue weighted by molar-refractivity contribution is 6.30. The second-order valence-corrected chi connectivity index (χ2v) is 6.79. The molecule has 0 spiro atoms. The molecule has 25 heavy (non-hydrogen) atoms. The third-order valence-corrected chi connectivity index (χ3v) is 5.00. The van der Waals surface area contributed by atoms with Crippen molar-refractivity contribution in [2.75, 3.05) is 13.2 Å². The molecule has 2 fully saturated rings. The van der Waals surface area contributed by atoms with Crippen LogP contribution in [0.5, 0.6) is 0 Å². The number of halogens is 1. The van der Waals surface area contributed by atoms with E-state index >= 15 is 0 Å². The lowest BCUT2D eigenvalue weighted by atomic mass is 9.81. The van der Waals surface area contributed by atoms with Crippen LogP contribution < -0.4 is 0 Å². The molecule has 3 rings (SSSR count). The number of carbonyl (C=O) groups excluding carboxylic acids is 4. The van der Waals surface area contributed by atoms with Gasteiger partial charge in [0.25, 0.3) is 0 Å². The van der Waals surface area contributed by atoms with E-state index in [0.29, 0.717) is 23.4 Å². The maximum Gasteiger partial charge on any atom is 0.326 e. The van der Waals surface area contributed by atoms with E-state index in [4.69, 9.17) is 16.3 Å². The standard InChI is InChI=1S/C18H18ClNO5/c19-12-7-5-11(6-8-12)15(21)10-25-16(22)9-20-17(23)13-3-1-2-4-14(13)18(20)24/h5-8,13-14H,1-4,9-10H2/t13-,14-/m1/s1. The van der Waals surface area contributed by atoms with E-state index < -0.39 is 19.1 Å². The summed E-state index contributed by atoms with van der Waals surface area (Å²) >= 11 is 5.75. The lowest BCUT2D eigenvalue weighted by Gasteiger charge is -2.19. The molecule has 0 radical (unpaired) electrons. The Balaban J connectivity index is 1.54. The molecular weight excluding hydrogens is 346 g/mol. The third kappa shape index (κ3) is 3.74. The molecule has 7 heteroatoms. The fourth-order valence-corrected chi connectivity index (χ4v) is 3.55. The molecule has 1 heterocycles. The largest absolute Gasteiger partial charge is 0.456 e. The van der Waals surface area contributed by atoms with E-state index in [2.05, 4.69) is 0 Å². The van der Waals surface area contributed by atoms with Crippen LogP contribution >= 0.6 is 11.6 Å². The zero-order chi connectivity index (χ0) is 18.0. The highest BCUT2D eigenvalue weighted by Gasteiger charge is 2.48. The van der Waals surface area contributed by atoms with Crippen molar-refractivity contribution in [3.05, 3.63) is 34.9 Å². The molecule has 2 atom stereocenters. The first-order chi connectivity index (χ1) is 12.0. The van der Waals surface area contributed by atoms with Crippen molar-refractivity contribution >= 4 is 35.2 Å². The minimum absolute atomic E-state index is 0.296. The summed E-state index contributed by atoms with van der Waals surface area (Å²) in [5.41, 5.74) is 0.372. The number of amides is 2. The van der Waals surface area contributed by atoms with Gasteiger partial charge in [0, 0.05) is 10.6 Å². The van der Waals surface area contributed by atoms with Crippen LogP contribution in [-0.4, -0.2) is 41.6 Å². The first-order valence-corrected chi connectivity index (χ1v) is 8.65. The van der Waals surface area contributed by atoms with Gasteiger partial charge >= 0.3 is 5.97 Å². The lowest BCUT2D eigenvalue weighted by molar-refractivity contribution is -0.152. The number of ketones is 1. The molecule has 1 aromatic carbocycles. The molecule has 2 amide bonds. The Hall–Kier alpha value is -2.21. The van der Waals surface area contributed by atoms with E-state index in [1.165, 1.54) is 12.1 Å². The van der Waals surface area contributed by atoms with Gasteiger partial charge in [-0.05, 0) is 37.1 Å². The normalized spacial score (nSPS) is 22.7. The van der Waals surface area contributed by atoms with Crippen LogP contribution in [0, 0.1) is 11.8 Å². The number of carbonyl (C=O) groups is 4. The maximum atomic E-state index is 12.3. The Morgan fingerprint density at radius 1 is 1.04 bits per heavy atom. The highest BCUT2D eigenvalue weighted by atomic mass is 35.5. The van der Waals surface area contributed by atoms with Gasteiger partial charge in [0.2, 0.25) is 11.8 Å². The van der Waals surface area contributed by atoms with Crippen LogP contribution in [0.3, 0.4) is 0 Å². The predicted octanol–water partition coefficient (Wildman–Crippen LogP) is 2.24. The zero-order valence-corrected chi connectivity index (χ0v) is 14.3. The number of imide groups is 1. The van der Waals surface area contributed by atoms with Crippen LogP contribution in [0.4, 0.5) is 0 Å². The summed E-state index contributed by atoms with van der Waals surface area (Å²) < 4.78 is 4.93. The van der Waals surface area contributed by atoms with Gasteiger partial charge in [-0.1, -0.05) is 24.4 Å². The number of fused-ring (bicyclic) bond motifs is 1. The predicted molar refractivity (Wildman–Crippen MR) is 88.9 cm³/mol. The van der Waals surface area contributed by atoms with Crippen LogP contribution in [0.15, 0.2) is 24.3 Å². The third-order valence-electron chi connectivity index (χ3n) is 4.75. The quantitative estimate of drug-likeness (QED) is 0.455. The summed E-state index contributed by atoms with van der Waals surface area (Å²) in [5, 5.41) is 0.501. The van der Waals surface area contributed by atoms with E-state index in [0.717, 1.165) is 17.7 Å². The molecular formula is C18H18ClNO5. The number of nitrogens with zero attached hydrogens (tertiary/aromatic N) is 1. The van der Waals surface area contributed by atoms with E-state index in [9.17, 15) is 19.2 Å². The topological polar surface area (TPSA) is 80.8 Å². The molecule has 0 N–H and O–H groups in total. The Bertz CT molecular complexity index is 691. The monoisotopic (exact) mass is 363 g/mol. The summed E-state index contributed by atoms with van der Waals surface area (Å²) in [7, 11) is 0. The van der Waals surface area contributed by atoms with E-state index in [1.54, 1.807) is 12.1 Å². The van der Waals surface area contributed by atoms with Gasteiger partial charge in [0.1, 0.15) is 6.54 Å². The van der Waals surface area contributed by atoms with Crippen molar-refractivity contribution in [1.82, 2.24) is 4.90 Å². The summed E-state index contributed by atoms with van der Waals surface area (Å²) in [6.07, 6.45) is 3.23. The van der Waals surface area contributed by atoms with Gasteiger partial charge in [-0.25, -0.2) is 0 Å². The number of benzene rings is 1. The summed E-state index contributed by atoms with van der Waals surface area (Å²) in [5.74, 6) is -2.33. The number of hydrogen-bond donors (Lipinski definition) is 0. The molecule has 0 unspecified atom stereocenters. The Labute approximate surface area is 150 Å². The number of hydrogen-bond acceptors (Lipinski definition) is 5. The molecule has 132 valence electrons. The maximum absolute atomic E-state index is 12.3. The molecule has 0 aromatic heterocycles. The van der Waals surface area contributed by atoms with Crippen LogP contribution in [0.25, 0.3) is 0 Å². The number of likely N-dealkylation sites (tertiary alicyclic amines) is 1. The highest BCUT2D eigenvalue weighted by Crippen LogP contribution is 2.37. The molecule has 1 saturated carbocycles. The van der Waals surface area contributed by atoms with Crippen LogP contribution in [-0.2, 0) is 19.1 Å². The summed E-state index contributed by atoms with van der Waals surface area (Å²) in [6.45, 7) is -0.873. The number of ether oxygens (including phenoxy) is 1. The summed E-state index contributed by atoms with van der Waals surface area (Å²) in [6, 6.07) is 6.22. The van der Waals surface area contributed by atoms with Gasteiger partial charge < -0.3 is 4.74 Å². The average molecular weight is 364 g/mol. The van der Waals surface area contributed by atoms with Crippen LogP contribution in [0.1, 0.15) is 36.0 Å². The van der Waals surface area contributed by atoms with Crippen molar-refractivity contribution in [2.24, 2.45) is 11.8 Å². The van der Waals surface area contributed by atoms with Crippen molar-refractivity contribution < 1.29 is 23.9 Å². The van der Waals surface area contributed by atoms with Crippen molar-refractivity contribution in [1.29, 1.82) is 0 Å². The minimum atomic E-state index is -0.761. The summed E-state index contributed by atoms with van der Waals surface area (Å²) in [4.78, 5) is 49.5. The first kappa shape index (κ1) is 17.6. The average Bonchev–Trinajstić information content (AvgIpc) is 2.86. The fourth-order valence-electron chi connectivity index (χ4n) is 3.43. The Morgan fingerprint density at radius 3 is 2.16 bits per heavy atom. The molecule has 1 saturated heterocycles. The Kier molecular flexibility index (Phi) is 5.18. The zero-order valence-electron chi connectivity index (χ0n) is 13.6. The molecule has 1 aliphatic heterocycles. The Morgan fingerprint density at radius 2 is 1.60 bits per heavy atom. The molecule has 1 aromatic rings. The van der Waals surface area contributed by atoms with Gasteiger partial charge in [0.05, 0.1) is 11.8 Å². The molecule has 6 nitrogen and oxygen atoms in total. The van der Waals surface area contributed by atoms with Crippen LogP contribution in [0.2, 0.25) is 5.02 Å². The van der Waals surface area contributed by atoms with Crippen molar-refractivity contribution in [2.45, 2.75) is 25.7 Å². The first-order valence-electron chi connectivity index (χ1n) is 8.27. The second kappa shape index (κ2) is 7.35. The SMILES string of the molecule is O=C(CN1C(=O)[C@@H]2CCCC[C@H]2C1=O)OCC(=O)c1ccc(Cl)cc1. The molecule has 1 aliphatic carbocycles.